The second-order valence-corrected chi connectivity index (χ2v) is 5.99. The van der Waals surface area contributed by atoms with Crippen LogP contribution < -0.4 is 4.74 Å². The molecule has 1 atom stereocenters. The normalized spacial score (nSPS) is 20.0. The Morgan fingerprint density at radius 2 is 2.17 bits per heavy atom. The van der Waals surface area contributed by atoms with E-state index in [1.807, 2.05) is 6.07 Å². The number of amides is 1. The van der Waals surface area contributed by atoms with Gasteiger partial charge < -0.3 is 14.2 Å². The van der Waals surface area contributed by atoms with Gasteiger partial charge in [-0.05, 0) is 12.8 Å². The lowest BCUT2D eigenvalue weighted by molar-refractivity contribution is 0.0760. The van der Waals surface area contributed by atoms with E-state index < -0.39 is 0 Å². The molecule has 0 bridgehead atoms. The highest BCUT2D eigenvalue weighted by atomic mass is 16.5. The molecule has 2 aliphatic rings. The van der Waals surface area contributed by atoms with Crippen molar-refractivity contribution in [2.24, 2.45) is 0 Å². The van der Waals surface area contributed by atoms with E-state index in [0.29, 0.717) is 31.1 Å². The summed E-state index contributed by atoms with van der Waals surface area (Å²) >= 11 is 0. The largest absolute Gasteiger partial charge is 0.470 e. The van der Waals surface area contributed by atoms with Crippen LogP contribution in [0.5, 0.6) is 5.88 Å². The number of rotatable bonds is 4. The Kier molecular flexibility index (Phi) is 3.61. The molecule has 0 aromatic carbocycles. The lowest BCUT2D eigenvalue weighted by atomic mass is 10.2. The van der Waals surface area contributed by atoms with Crippen LogP contribution in [0.25, 0.3) is 0 Å². The van der Waals surface area contributed by atoms with Crippen molar-refractivity contribution in [3.63, 3.8) is 0 Å². The zero-order valence-corrected chi connectivity index (χ0v) is 12.9. The van der Waals surface area contributed by atoms with Crippen LogP contribution in [-0.2, 0) is 0 Å². The number of carbonyl (C=O) groups excluding carboxylic acids is 1. The number of hydrogen-bond donors (Lipinski definition) is 0. The van der Waals surface area contributed by atoms with Crippen molar-refractivity contribution in [2.75, 3.05) is 13.1 Å². The van der Waals surface area contributed by atoms with Crippen molar-refractivity contribution in [1.29, 1.82) is 5.26 Å². The second-order valence-electron chi connectivity index (χ2n) is 5.99. The van der Waals surface area contributed by atoms with Crippen molar-refractivity contribution in [2.45, 2.75) is 31.3 Å². The van der Waals surface area contributed by atoms with Gasteiger partial charge in [-0.25, -0.2) is 9.97 Å². The van der Waals surface area contributed by atoms with Crippen LogP contribution in [0.3, 0.4) is 0 Å². The van der Waals surface area contributed by atoms with Gasteiger partial charge in [-0.3, -0.25) is 4.79 Å². The third-order valence-corrected chi connectivity index (χ3v) is 4.21. The Bertz CT molecular complexity index is 808. The number of nitriles is 1. The molecule has 2 fully saturated rings. The summed E-state index contributed by atoms with van der Waals surface area (Å²) in [5.41, 5.74) is 0.489. The van der Waals surface area contributed by atoms with Crippen molar-refractivity contribution in [3.8, 4) is 11.9 Å². The second kappa shape index (κ2) is 5.92. The maximum absolute atomic E-state index is 12.5. The Labute approximate surface area is 138 Å². The van der Waals surface area contributed by atoms with E-state index in [1.165, 1.54) is 12.4 Å². The first-order valence-electron chi connectivity index (χ1n) is 7.88. The van der Waals surface area contributed by atoms with Gasteiger partial charge in [-0.1, -0.05) is 5.16 Å². The summed E-state index contributed by atoms with van der Waals surface area (Å²) in [6.07, 6.45) is 5.57. The van der Waals surface area contributed by atoms with Crippen LogP contribution in [0.4, 0.5) is 0 Å². The van der Waals surface area contributed by atoms with Gasteiger partial charge >= 0.3 is 0 Å². The quantitative estimate of drug-likeness (QED) is 0.838. The van der Waals surface area contributed by atoms with E-state index in [1.54, 1.807) is 11.0 Å². The van der Waals surface area contributed by atoms with Gasteiger partial charge in [0.1, 0.15) is 17.9 Å². The summed E-state index contributed by atoms with van der Waals surface area (Å²) < 4.78 is 11.0. The van der Waals surface area contributed by atoms with Crippen LogP contribution in [0.1, 0.15) is 47.1 Å². The number of aromatic nitrogens is 3. The number of ether oxygens (including phenoxy) is 1. The predicted octanol–water partition coefficient (Wildman–Crippen LogP) is 1.51. The minimum atomic E-state index is -0.215. The van der Waals surface area contributed by atoms with E-state index in [-0.39, 0.29) is 23.6 Å². The van der Waals surface area contributed by atoms with Gasteiger partial charge in [-0.15, -0.1) is 0 Å². The molecule has 0 radical (unpaired) electrons. The topological polar surface area (TPSA) is 105 Å². The maximum Gasteiger partial charge on any atom is 0.276 e. The minimum Gasteiger partial charge on any atom is -0.470 e. The van der Waals surface area contributed by atoms with E-state index >= 15 is 0 Å². The van der Waals surface area contributed by atoms with Gasteiger partial charge in [-0.2, -0.15) is 5.26 Å². The molecule has 1 saturated heterocycles. The molecule has 122 valence electrons. The van der Waals surface area contributed by atoms with E-state index in [0.717, 1.165) is 18.6 Å². The molecule has 1 amide bonds. The fourth-order valence-electron chi connectivity index (χ4n) is 2.77. The summed E-state index contributed by atoms with van der Waals surface area (Å²) in [5, 5.41) is 12.9. The van der Waals surface area contributed by atoms with Gasteiger partial charge in [0, 0.05) is 37.3 Å². The average Bonchev–Trinajstić information content (AvgIpc) is 3.16. The summed E-state index contributed by atoms with van der Waals surface area (Å²) in [6.45, 7) is 0.989. The molecule has 1 saturated carbocycles. The highest BCUT2D eigenvalue weighted by Gasteiger charge is 2.33. The first kappa shape index (κ1) is 14.6. The molecule has 2 aromatic rings. The molecule has 3 heterocycles. The van der Waals surface area contributed by atoms with Crippen LogP contribution in [0, 0.1) is 11.3 Å². The van der Waals surface area contributed by atoms with Gasteiger partial charge in [0.25, 0.3) is 11.8 Å². The zero-order chi connectivity index (χ0) is 16.5. The van der Waals surface area contributed by atoms with Crippen LogP contribution in [-0.4, -0.2) is 45.1 Å². The summed E-state index contributed by atoms with van der Waals surface area (Å²) in [5.74, 6) is 1.27. The van der Waals surface area contributed by atoms with Crippen molar-refractivity contribution >= 4 is 5.91 Å². The fraction of sp³-hybridized carbons (Fsp3) is 0.438. The molecule has 4 rings (SSSR count). The molecule has 1 aliphatic heterocycles. The smallest absolute Gasteiger partial charge is 0.276 e. The van der Waals surface area contributed by atoms with Crippen LogP contribution >= 0.6 is 0 Å². The fourth-order valence-corrected chi connectivity index (χ4v) is 2.77. The van der Waals surface area contributed by atoms with Crippen LogP contribution in [0.2, 0.25) is 0 Å². The van der Waals surface area contributed by atoms with Crippen molar-refractivity contribution in [3.05, 3.63) is 35.6 Å². The van der Waals surface area contributed by atoms with Crippen molar-refractivity contribution in [1.82, 2.24) is 20.0 Å². The summed E-state index contributed by atoms with van der Waals surface area (Å²) in [4.78, 5) is 22.1. The maximum atomic E-state index is 12.5. The monoisotopic (exact) mass is 325 g/mol. The highest BCUT2D eigenvalue weighted by molar-refractivity contribution is 5.92. The van der Waals surface area contributed by atoms with E-state index in [9.17, 15) is 4.79 Å². The SMILES string of the molecule is N#Cc1nccnc1O[C@@H]1CCN(C(=O)c2cc(C3CC3)on2)C1. The molecule has 0 unspecified atom stereocenters. The molecule has 0 N–H and O–H groups in total. The first-order valence-corrected chi connectivity index (χ1v) is 7.88. The number of carbonyl (C=O) groups is 1. The van der Waals surface area contributed by atoms with Gasteiger partial charge in [0.05, 0.1) is 6.54 Å². The molecule has 0 spiro atoms. The summed E-state index contributed by atoms with van der Waals surface area (Å²) in [6, 6.07) is 3.69. The number of likely N-dealkylation sites (tertiary alicyclic amines) is 1. The molecule has 8 nitrogen and oxygen atoms in total. The Hall–Kier alpha value is -2.95. The lowest BCUT2D eigenvalue weighted by Crippen LogP contribution is -2.31. The first-order chi connectivity index (χ1) is 11.7. The molecular weight excluding hydrogens is 310 g/mol. The molecule has 24 heavy (non-hydrogen) atoms. The zero-order valence-electron chi connectivity index (χ0n) is 12.9. The van der Waals surface area contributed by atoms with Gasteiger partial charge in [0.15, 0.2) is 5.69 Å². The molecular formula is C16H15N5O3. The highest BCUT2D eigenvalue weighted by Crippen LogP contribution is 2.40. The van der Waals surface area contributed by atoms with E-state index in [4.69, 9.17) is 14.5 Å². The third kappa shape index (κ3) is 2.80. The number of nitrogens with zero attached hydrogens (tertiary/aromatic N) is 5. The van der Waals surface area contributed by atoms with E-state index in [2.05, 4.69) is 15.1 Å². The minimum absolute atomic E-state index is 0.146. The molecule has 2 aromatic heterocycles. The molecule has 1 aliphatic carbocycles. The van der Waals surface area contributed by atoms with Gasteiger partial charge in [0.2, 0.25) is 5.69 Å². The Balaban J connectivity index is 1.40. The molecule has 8 heteroatoms. The predicted molar refractivity (Wildman–Crippen MR) is 80.2 cm³/mol. The summed E-state index contributed by atoms with van der Waals surface area (Å²) in [7, 11) is 0. The lowest BCUT2D eigenvalue weighted by Gasteiger charge is -2.15. The number of hydrogen-bond acceptors (Lipinski definition) is 7. The average molecular weight is 325 g/mol. The van der Waals surface area contributed by atoms with Crippen LogP contribution in [0.15, 0.2) is 23.0 Å². The van der Waals surface area contributed by atoms with Crippen molar-refractivity contribution < 1.29 is 14.1 Å². The standard InChI is InChI=1S/C16H15N5O3/c17-8-13-15(19-5-4-18-13)23-11-3-6-21(9-11)16(22)12-7-14(24-20-12)10-1-2-10/h4-5,7,10-11H,1-3,6,9H2/t11-/m1/s1. The Morgan fingerprint density at radius 1 is 1.33 bits per heavy atom. The third-order valence-electron chi connectivity index (χ3n) is 4.21. The Morgan fingerprint density at radius 3 is 2.96 bits per heavy atom.